The molecule has 4 nitrogen and oxygen atoms in total. The molecule has 2 heterocycles. The van der Waals surface area contributed by atoms with Gasteiger partial charge in [-0.1, -0.05) is 6.92 Å². The summed E-state index contributed by atoms with van der Waals surface area (Å²) in [7, 11) is -1.28. The van der Waals surface area contributed by atoms with Gasteiger partial charge < -0.3 is 4.90 Å². The van der Waals surface area contributed by atoms with E-state index >= 15 is 0 Å². The second-order valence-corrected chi connectivity index (χ2v) is 8.37. The summed E-state index contributed by atoms with van der Waals surface area (Å²) in [4.78, 5) is 2.23. The number of hydrogen-bond acceptors (Lipinski definition) is 4. The van der Waals surface area contributed by atoms with Crippen LogP contribution in [0, 0.1) is 0 Å². The summed E-state index contributed by atoms with van der Waals surface area (Å²) in [5, 5.41) is 1.80. The van der Waals surface area contributed by atoms with Crippen LogP contribution in [0.1, 0.15) is 13.3 Å². The van der Waals surface area contributed by atoms with Crippen LogP contribution in [-0.2, 0) is 10.0 Å². The standard InChI is InChI=1S/C11H17BrN2O2S2/c1-3-9-8-14(6-5-13(9)2)18(15,16)11-10(12)4-7-17-11/h4,7,9H,3,5-6,8H2,1-2H3. The molecule has 0 radical (unpaired) electrons. The first kappa shape index (κ1) is 14.5. The van der Waals surface area contributed by atoms with Crippen molar-refractivity contribution in [2.75, 3.05) is 26.7 Å². The third-order valence-corrected chi connectivity index (χ3v) is 7.88. The number of likely N-dealkylation sites (N-methyl/N-ethyl adjacent to an activating group) is 1. The Kier molecular flexibility index (Phi) is 4.48. The highest BCUT2D eigenvalue weighted by Crippen LogP contribution is 2.31. The Morgan fingerprint density at radius 1 is 1.50 bits per heavy atom. The zero-order chi connectivity index (χ0) is 13.3. The van der Waals surface area contributed by atoms with Crippen LogP contribution in [0.4, 0.5) is 0 Å². The lowest BCUT2D eigenvalue weighted by molar-refractivity contribution is 0.144. The van der Waals surface area contributed by atoms with Gasteiger partial charge in [-0.05, 0) is 40.8 Å². The van der Waals surface area contributed by atoms with E-state index in [0.717, 1.165) is 13.0 Å². The number of halogens is 1. The van der Waals surface area contributed by atoms with Gasteiger partial charge in [-0.3, -0.25) is 0 Å². The Hall–Kier alpha value is 0.0500. The van der Waals surface area contributed by atoms with E-state index in [9.17, 15) is 8.42 Å². The molecule has 1 aromatic heterocycles. The first-order valence-corrected chi connectivity index (χ1v) is 9.01. The molecule has 2 rings (SSSR count). The first-order valence-electron chi connectivity index (χ1n) is 5.90. The summed E-state index contributed by atoms with van der Waals surface area (Å²) >= 11 is 4.58. The van der Waals surface area contributed by atoms with E-state index in [2.05, 4.69) is 34.8 Å². The van der Waals surface area contributed by atoms with E-state index in [1.807, 2.05) is 0 Å². The minimum Gasteiger partial charge on any atom is -0.301 e. The number of piperazine rings is 1. The van der Waals surface area contributed by atoms with E-state index in [0.29, 0.717) is 27.8 Å². The second kappa shape index (κ2) is 5.58. The minimum atomic E-state index is -3.34. The van der Waals surface area contributed by atoms with E-state index < -0.39 is 10.0 Å². The summed E-state index contributed by atoms with van der Waals surface area (Å²) in [6.07, 6.45) is 0.966. The average Bonchev–Trinajstić information content (AvgIpc) is 2.76. The number of nitrogens with zero attached hydrogens (tertiary/aromatic N) is 2. The maximum Gasteiger partial charge on any atom is 0.253 e. The highest BCUT2D eigenvalue weighted by atomic mass is 79.9. The van der Waals surface area contributed by atoms with Gasteiger partial charge in [0.25, 0.3) is 10.0 Å². The monoisotopic (exact) mass is 352 g/mol. The van der Waals surface area contributed by atoms with Crippen molar-refractivity contribution in [3.8, 4) is 0 Å². The zero-order valence-electron chi connectivity index (χ0n) is 10.5. The lowest BCUT2D eigenvalue weighted by Gasteiger charge is -2.38. The van der Waals surface area contributed by atoms with Crippen LogP contribution >= 0.6 is 27.3 Å². The van der Waals surface area contributed by atoms with Gasteiger partial charge in [0.2, 0.25) is 0 Å². The maximum absolute atomic E-state index is 12.5. The molecular weight excluding hydrogens is 336 g/mol. The number of rotatable bonds is 3. The van der Waals surface area contributed by atoms with Crippen molar-refractivity contribution in [1.82, 2.24) is 9.21 Å². The third-order valence-electron chi connectivity index (χ3n) is 3.37. The second-order valence-electron chi connectivity index (χ2n) is 4.46. The van der Waals surface area contributed by atoms with Crippen molar-refractivity contribution in [2.24, 2.45) is 0 Å². The van der Waals surface area contributed by atoms with Crippen molar-refractivity contribution in [1.29, 1.82) is 0 Å². The van der Waals surface area contributed by atoms with Crippen molar-refractivity contribution < 1.29 is 8.42 Å². The molecule has 0 saturated carbocycles. The average molecular weight is 353 g/mol. The molecule has 0 N–H and O–H groups in total. The van der Waals surface area contributed by atoms with Crippen LogP contribution in [-0.4, -0.2) is 50.3 Å². The van der Waals surface area contributed by atoms with Crippen LogP contribution in [0.15, 0.2) is 20.1 Å². The lowest BCUT2D eigenvalue weighted by atomic mass is 10.1. The molecule has 0 aliphatic carbocycles. The Balaban J connectivity index is 2.24. The quantitative estimate of drug-likeness (QED) is 0.837. The lowest BCUT2D eigenvalue weighted by Crippen LogP contribution is -2.52. The summed E-state index contributed by atoms with van der Waals surface area (Å²) < 4.78 is 27.7. The molecule has 1 aliphatic heterocycles. The fourth-order valence-corrected chi connectivity index (χ4v) is 6.08. The molecule has 0 bridgehead atoms. The summed E-state index contributed by atoms with van der Waals surface area (Å²) in [6, 6.07) is 2.09. The molecule has 1 saturated heterocycles. The topological polar surface area (TPSA) is 40.6 Å². The molecule has 1 aliphatic rings. The normalized spacial score (nSPS) is 23.4. The molecule has 1 atom stereocenters. The molecule has 0 aromatic carbocycles. The number of hydrogen-bond donors (Lipinski definition) is 0. The van der Waals surface area contributed by atoms with Crippen molar-refractivity contribution in [3.05, 3.63) is 15.9 Å². The molecule has 0 spiro atoms. The van der Waals surface area contributed by atoms with Crippen LogP contribution in [0.25, 0.3) is 0 Å². The Bertz CT molecular complexity index is 515. The molecule has 18 heavy (non-hydrogen) atoms. The first-order chi connectivity index (χ1) is 8.46. The Morgan fingerprint density at radius 3 is 2.78 bits per heavy atom. The van der Waals surface area contributed by atoms with Gasteiger partial charge in [0.15, 0.2) is 0 Å². The third kappa shape index (κ3) is 2.65. The maximum atomic E-state index is 12.5. The van der Waals surface area contributed by atoms with Gasteiger partial charge in [-0.15, -0.1) is 11.3 Å². The van der Waals surface area contributed by atoms with Gasteiger partial charge in [0, 0.05) is 30.1 Å². The van der Waals surface area contributed by atoms with E-state index in [1.54, 1.807) is 15.8 Å². The van der Waals surface area contributed by atoms with E-state index in [1.165, 1.54) is 11.3 Å². The SMILES string of the molecule is CCC1CN(S(=O)(=O)c2sccc2Br)CCN1C. The van der Waals surface area contributed by atoms with Crippen molar-refractivity contribution >= 4 is 37.3 Å². The van der Waals surface area contributed by atoms with Gasteiger partial charge in [0.05, 0.1) is 0 Å². The van der Waals surface area contributed by atoms with Crippen LogP contribution in [0.2, 0.25) is 0 Å². The molecule has 1 unspecified atom stereocenters. The molecule has 7 heteroatoms. The van der Waals surface area contributed by atoms with Crippen molar-refractivity contribution in [2.45, 2.75) is 23.6 Å². The summed E-state index contributed by atoms with van der Waals surface area (Å²) in [6.45, 7) is 4.04. The fourth-order valence-electron chi connectivity index (χ4n) is 2.16. The molecule has 1 aromatic rings. The van der Waals surface area contributed by atoms with Gasteiger partial charge in [0.1, 0.15) is 4.21 Å². The van der Waals surface area contributed by atoms with Crippen LogP contribution < -0.4 is 0 Å². The smallest absolute Gasteiger partial charge is 0.253 e. The van der Waals surface area contributed by atoms with Gasteiger partial charge in [-0.2, -0.15) is 4.31 Å². The highest BCUT2D eigenvalue weighted by molar-refractivity contribution is 9.10. The predicted octanol–water partition coefficient (Wildman–Crippen LogP) is 2.23. The minimum absolute atomic E-state index is 0.312. The Labute approximate surface area is 121 Å². The number of thiophene rings is 1. The largest absolute Gasteiger partial charge is 0.301 e. The van der Waals surface area contributed by atoms with Crippen molar-refractivity contribution in [3.63, 3.8) is 0 Å². The molecule has 1 fully saturated rings. The summed E-state index contributed by atoms with van der Waals surface area (Å²) in [5.41, 5.74) is 0. The molecular formula is C11H17BrN2O2S2. The van der Waals surface area contributed by atoms with E-state index in [-0.39, 0.29) is 0 Å². The van der Waals surface area contributed by atoms with Crippen LogP contribution in [0.5, 0.6) is 0 Å². The van der Waals surface area contributed by atoms with Gasteiger partial charge >= 0.3 is 0 Å². The predicted molar refractivity (Wildman–Crippen MR) is 77.5 cm³/mol. The van der Waals surface area contributed by atoms with Gasteiger partial charge in [-0.25, -0.2) is 8.42 Å². The van der Waals surface area contributed by atoms with Crippen LogP contribution in [0.3, 0.4) is 0 Å². The molecule has 0 amide bonds. The highest BCUT2D eigenvalue weighted by Gasteiger charge is 2.33. The molecule has 102 valence electrons. The zero-order valence-corrected chi connectivity index (χ0v) is 13.7. The van der Waals surface area contributed by atoms with E-state index in [4.69, 9.17) is 0 Å². The Morgan fingerprint density at radius 2 is 2.22 bits per heavy atom. The fraction of sp³-hybridized carbons (Fsp3) is 0.636. The number of sulfonamides is 1. The summed E-state index contributed by atoms with van der Waals surface area (Å²) in [5.74, 6) is 0.